The molecule has 0 spiro atoms. The predicted octanol–water partition coefficient (Wildman–Crippen LogP) is 3.86. The quantitative estimate of drug-likeness (QED) is 0.443. The van der Waals surface area contributed by atoms with E-state index in [1.165, 1.54) is 19.4 Å². The van der Waals surface area contributed by atoms with Gasteiger partial charge in [0, 0.05) is 10.6 Å². The molecule has 1 heterocycles. The number of hydrogen-bond donors (Lipinski definition) is 3. The average molecular weight is 405 g/mol. The van der Waals surface area contributed by atoms with Gasteiger partial charge in [-0.15, -0.1) is 0 Å². The molecule has 138 valence electrons. The molecule has 0 aliphatic rings. The van der Waals surface area contributed by atoms with Crippen molar-refractivity contribution in [2.24, 2.45) is 5.10 Å². The number of carbonyl (C=O) groups excluding carboxylic acids is 1. The molecule has 3 aromatic rings. The van der Waals surface area contributed by atoms with Gasteiger partial charge in [-0.2, -0.15) is 10.2 Å². The van der Waals surface area contributed by atoms with E-state index in [2.05, 4.69) is 20.7 Å². The number of halogens is 2. The lowest BCUT2D eigenvalue weighted by atomic mass is 10.1. The van der Waals surface area contributed by atoms with Crippen molar-refractivity contribution < 1.29 is 14.6 Å². The summed E-state index contributed by atoms with van der Waals surface area (Å²) in [5.41, 5.74) is 4.41. The molecule has 3 rings (SSSR count). The summed E-state index contributed by atoms with van der Waals surface area (Å²) in [6.45, 7) is 0. The van der Waals surface area contributed by atoms with E-state index in [1.54, 1.807) is 36.4 Å². The first-order chi connectivity index (χ1) is 13.0. The molecule has 0 aliphatic carbocycles. The van der Waals surface area contributed by atoms with Gasteiger partial charge in [-0.3, -0.25) is 9.89 Å². The number of hydrogen-bond acceptors (Lipinski definition) is 5. The molecular weight excluding hydrogens is 391 g/mol. The molecule has 0 saturated carbocycles. The number of aromatic hydroxyl groups is 1. The maximum Gasteiger partial charge on any atom is 0.289 e. The molecule has 0 atom stereocenters. The van der Waals surface area contributed by atoms with Crippen LogP contribution in [0, 0.1) is 0 Å². The molecule has 0 aliphatic heterocycles. The fourth-order valence-corrected chi connectivity index (χ4v) is 2.78. The summed E-state index contributed by atoms with van der Waals surface area (Å²) < 4.78 is 5.01. The van der Waals surface area contributed by atoms with E-state index in [1.807, 2.05) is 0 Å². The molecule has 9 heteroatoms. The Bertz CT molecular complexity index is 1020. The highest BCUT2D eigenvalue weighted by Crippen LogP contribution is 2.29. The van der Waals surface area contributed by atoms with E-state index in [0.29, 0.717) is 32.6 Å². The second-order valence-corrected chi connectivity index (χ2v) is 6.27. The number of nitrogens with zero attached hydrogens (tertiary/aromatic N) is 2. The van der Waals surface area contributed by atoms with Gasteiger partial charge in [-0.1, -0.05) is 23.2 Å². The van der Waals surface area contributed by atoms with Gasteiger partial charge in [0.05, 0.1) is 24.0 Å². The number of phenolic OH excluding ortho intramolecular Hbond substituents is 1. The normalized spacial score (nSPS) is 10.9. The highest BCUT2D eigenvalue weighted by atomic mass is 35.5. The molecule has 0 bridgehead atoms. The number of aromatic amines is 1. The van der Waals surface area contributed by atoms with E-state index >= 15 is 0 Å². The summed E-state index contributed by atoms with van der Waals surface area (Å²) in [7, 11) is 1.44. The Morgan fingerprint density at radius 2 is 2.07 bits per heavy atom. The molecule has 0 unspecified atom stereocenters. The zero-order valence-corrected chi connectivity index (χ0v) is 15.5. The average Bonchev–Trinajstić information content (AvgIpc) is 3.13. The number of carbonyl (C=O) groups is 1. The van der Waals surface area contributed by atoms with Crippen molar-refractivity contribution in [3.05, 3.63) is 63.8 Å². The van der Waals surface area contributed by atoms with Gasteiger partial charge < -0.3 is 9.84 Å². The van der Waals surface area contributed by atoms with Crippen LogP contribution in [0.1, 0.15) is 16.1 Å². The van der Waals surface area contributed by atoms with Crippen LogP contribution in [0.5, 0.6) is 11.5 Å². The Kier molecular flexibility index (Phi) is 5.63. The molecule has 3 N–H and O–H groups in total. The van der Waals surface area contributed by atoms with Gasteiger partial charge in [-0.25, -0.2) is 5.43 Å². The van der Waals surface area contributed by atoms with Gasteiger partial charge in [0.15, 0.2) is 11.5 Å². The van der Waals surface area contributed by atoms with Crippen LogP contribution in [0.25, 0.3) is 11.3 Å². The van der Waals surface area contributed by atoms with Crippen LogP contribution < -0.4 is 10.2 Å². The third-order valence-corrected chi connectivity index (χ3v) is 4.16. The summed E-state index contributed by atoms with van der Waals surface area (Å²) in [6, 6.07) is 11.3. The summed E-state index contributed by atoms with van der Waals surface area (Å²) in [4.78, 5) is 12.2. The molecule has 2 aromatic carbocycles. The third-order valence-electron chi connectivity index (χ3n) is 3.61. The van der Waals surface area contributed by atoms with Crippen LogP contribution in [0.4, 0.5) is 0 Å². The third kappa shape index (κ3) is 4.39. The Hall–Kier alpha value is -3.03. The smallest absolute Gasteiger partial charge is 0.289 e. The van der Waals surface area contributed by atoms with E-state index in [4.69, 9.17) is 27.9 Å². The monoisotopic (exact) mass is 404 g/mol. The summed E-state index contributed by atoms with van der Waals surface area (Å²) in [5, 5.41) is 21.1. The van der Waals surface area contributed by atoms with Crippen LogP contribution in [0.3, 0.4) is 0 Å². The van der Waals surface area contributed by atoms with Crippen LogP contribution in [-0.2, 0) is 0 Å². The van der Waals surface area contributed by atoms with E-state index < -0.39 is 5.91 Å². The summed E-state index contributed by atoms with van der Waals surface area (Å²) in [5.74, 6) is -0.145. The topological polar surface area (TPSA) is 99.6 Å². The van der Waals surface area contributed by atoms with E-state index in [-0.39, 0.29) is 11.4 Å². The lowest BCUT2D eigenvalue weighted by Gasteiger charge is -2.03. The number of H-pyrrole nitrogens is 1. The number of nitrogens with one attached hydrogen (secondary N) is 2. The van der Waals surface area contributed by atoms with Crippen molar-refractivity contribution >= 4 is 35.3 Å². The molecule has 7 nitrogen and oxygen atoms in total. The highest BCUT2D eigenvalue weighted by molar-refractivity contribution is 6.36. The largest absolute Gasteiger partial charge is 0.504 e. The number of hydrazone groups is 1. The van der Waals surface area contributed by atoms with Gasteiger partial charge in [0.2, 0.25) is 0 Å². The molecular formula is C18H14Cl2N4O3. The second kappa shape index (κ2) is 8.11. The van der Waals surface area contributed by atoms with Gasteiger partial charge in [0.1, 0.15) is 5.69 Å². The van der Waals surface area contributed by atoms with Crippen LogP contribution in [0.2, 0.25) is 10.0 Å². The molecule has 1 amide bonds. The van der Waals surface area contributed by atoms with Crippen LogP contribution >= 0.6 is 23.2 Å². The van der Waals surface area contributed by atoms with Crippen molar-refractivity contribution in [2.45, 2.75) is 0 Å². The van der Waals surface area contributed by atoms with Gasteiger partial charge in [-0.05, 0) is 48.0 Å². The first-order valence-electron chi connectivity index (χ1n) is 7.69. The number of rotatable bonds is 5. The van der Waals surface area contributed by atoms with Crippen molar-refractivity contribution in [3.63, 3.8) is 0 Å². The minimum atomic E-state index is -0.471. The van der Waals surface area contributed by atoms with Gasteiger partial charge >= 0.3 is 0 Å². The van der Waals surface area contributed by atoms with E-state index in [9.17, 15) is 9.90 Å². The Morgan fingerprint density at radius 1 is 1.26 bits per heavy atom. The molecule has 0 fully saturated rings. The fraction of sp³-hybridized carbons (Fsp3) is 0.0556. The summed E-state index contributed by atoms with van der Waals surface area (Å²) in [6.07, 6.45) is 1.42. The molecule has 1 aromatic heterocycles. The lowest BCUT2D eigenvalue weighted by molar-refractivity contribution is 0.0950. The van der Waals surface area contributed by atoms with E-state index in [0.717, 1.165) is 0 Å². The number of aromatic nitrogens is 2. The number of benzene rings is 2. The number of methoxy groups -OCH3 is 1. The van der Waals surface area contributed by atoms with Crippen molar-refractivity contribution in [1.29, 1.82) is 0 Å². The van der Waals surface area contributed by atoms with Crippen molar-refractivity contribution in [1.82, 2.24) is 15.6 Å². The van der Waals surface area contributed by atoms with Crippen molar-refractivity contribution in [2.75, 3.05) is 7.11 Å². The Morgan fingerprint density at radius 3 is 2.81 bits per heavy atom. The minimum Gasteiger partial charge on any atom is -0.504 e. The number of phenols is 1. The zero-order chi connectivity index (χ0) is 19.4. The summed E-state index contributed by atoms with van der Waals surface area (Å²) >= 11 is 12.0. The minimum absolute atomic E-state index is 0.0181. The van der Waals surface area contributed by atoms with Crippen LogP contribution in [0.15, 0.2) is 47.6 Å². The van der Waals surface area contributed by atoms with Crippen LogP contribution in [-0.4, -0.2) is 34.5 Å². The second-order valence-electron chi connectivity index (χ2n) is 5.42. The lowest BCUT2D eigenvalue weighted by Crippen LogP contribution is -2.18. The maximum absolute atomic E-state index is 12.2. The molecule has 27 heavy (non-hydrogen) atoms. The number of ether oxygens (including phenoxy) is 1. The Balaban J connectivity index is 1.69. The first kappa shape index (κ1) is 18.8. The maximum atomic E-state index is 12.2. The first-order valence-corrected chi connectivity index (χ1v) is 8.45. The standard InChI is InChI=1S/C18H14Cl2N4O3/c1-27-17-6-10(2-5-16(17)25)9-21-24-18(26)15-8-14(22-23-15)12-4-3-11(19)7-13(12)20/h2-9,25H,1H3,(H,22,23)(H,24,26). The zero-order valence-electron chi connectivity index (χ0n) is 14.0. The molecule has 0 saturated heterocycles. The highest BCUT2D eigenvalue weighted by Gasteiger charge is 2.12. The fourth-order valence-electron chi connectivity index (χ4n) is 2.27. The number of amides is 1. The van der Waals surface area contributed by atoms with Gasteiger partial charge in [0.25, 0.3) is 5.91 Å². The predicted molar refractivity (Wildman–Crippen MR) is 104 cm³/mol. The van der Waals surface area contributed by atoms with Crippen molar-refractivity contribution in [3.8, 4) is 22.8 Å². The molecule has 0 radical (unpaired) electrons. The Labute approximate surface area is 164 Å². The SMILES string of the molecule is COc1cc(C=NNC(=O)c2cc(-c3ccc(Cl)cc3Cl)n[nH]2)ccc1O.